The monoisotopic (exact) mass is 772 g/mol. The number of likely N-dealkylation sites (tertiary alicyclic amines) is 1. The van der Waals surface area contributed by atoms with E-state index in [1.54, 1.807) is 65.5 Å². The Balaban J connectivity index is 1.86. The van der Waals surface area contributed by atoms with E-state index in [0.29, 0.717) is 19.4 Å². The highest BCUT2D eigenvalue weighted by Gasteiger charge is 2.52. The lowest BCUT2D eigenvalue weighted by molar-refractivity contribution is -0.155. The second-order valence-corrected chi connectivity index (χ2v) is 17.8. The van der Waals surface area contributed by atoms with Crippen molar-refractivity contribution in [3.05, 3.63) is 35.9 Å². The van der Waals surface area contributed by atoms with Gasteiger partial charge in [-0.3, -0.25) is 19.2 Å². The Bertz CT molecular complexity index is 1470. The fourth-order valence-electron chi connectivity index (χ4n) is 8.47. The first-order valence-electron chi connectivity index (χ1n) is 19.9. The van der Waals surface area contributed by atoms with Gasteiger partial charge in [-0.1, -0.05) is 84.7 Å². The van der Waals surface area contributed by atoms with Gasteiger partial charge in [0, 0.05) is 34.2 Å². The summed E-state index contributed by atoms with van der Waals surface area (Å²) in [6.45, 7) is 14.5. The minimum atomic E-state index is -1.62. The lowest BCUT2D eigenvalue weighted by atomic mass is 9.69. The van der Waals surface area contributed by atoms with Crippen molar-refractivity contribution in [1.29, 1.82) is 0 Å². The van der Waals surface area contributed by atoms with Crippen LogP contribution in [0.1, 0.15) is 106 Å². The van der Waals surface area contributed by atoms with Crippen molar-refractivity contribution < 1.29 is 38.6 Å². The molecule has 0 aromatic heterocycles. The Morgan fingerprint density at radius 3 is 2.04 bits per heavy atom. The lowest BCUT2D eigenvalue weighted by Crippen LogP contribution is -2.65. The van der Waals surface area contributed by atoms with Crippen LogP contribution in [0, 0.1) is 23.2 Å². The first-order chi connectivity index (χ1) is 25.6. The molecular weight excluding hydrogens is 702 g/mol. The summed E-state index contributed by atoms with van der Waals surface area (Å²) in [5, 5.41) is 16.4. The molecule has 13 heteroatoms. The highest BCUT2D eigenvalue weighted by Crippen LogP contribution is 2.37. The van der Waals surface area contributed by atoms with Crippen LogP contribution in [0.25, 0.3) is 0 Å². The van der Waals surface area contributed by atoms with Crippen LogP contribution in [-0.2, 0) is 39.9 Å². The number of carbonyl (C=O) groups excluding carboxylic acids is 4. The van der Waals surface area contributed by atoms with Crippen LogP contribution in [0.15, 0.2) is 30.3 Å². The zero-order chi connectivity index (χ0) is 41.5. The van der Waals surface area contributed by atoms with E-state index < -0.39 is 70.5 Å². The second kappa shape index (κ2) is 19.1. The summed E-state index contributed by atoms with van der Waals surface area (Å²) in [7, 11) is 4.80. The van der Waals surface area contributed by atoms with Crippen molar-refractivity contribution in [2.45, 2.75) is 148 Å². The molecule has 1 heterocycles. The molecule has 1 saturated heterocycles. The van der Waals surface area contributed by atoms with Crippen LogP contribution in [0.5, 0.6) is 0 Å². The average molecular weight is 772 g/mol. The molecule has 7 atom stereocenters. The standard InChI is InChI=1S/C42H69N5O8/c1-26(2)33(44-38(51)41(7,8)43)37(50)46(9)34(29-20-15-16-21-29)31(54-10)24-32(48)47-23-17-22-30(47)35(55-11)27(3)36(49)45-42(39(52)53,40(4,5)6)25-28-18-13-12-14-19-28/h12-14,18-19,26-27,29-31,33-35H,15-17,20-25,43H2,1-11H3,(H,44,51)(H,45,49)(H,52,53)/t27-,30+,31-,33+,34+,35-,42+/m1/s1. The molecular formula is C42H69N5O8. The number of carbonyl (C=O) groups is 5. The predicted molar refractivity (Wildman–Crippen MR) is 212 cm³/mol. The van der Waals surface area contributed by atoms with E-state index in [1.807, 2.05) is 44.2 Å². The summed E-state index contributed by atoms with van der Waals surface area (Å²) in [6, 6.07) is 7.55. The average Bonchev–Trinajstić information content (AvgIpc) is 3.82. The minimum Gasteiger partial charge on any atom is -0.479 e. The maximum Gasteiger partial charge on any atom is 0.330 e. The van der Waals surface area contributed by atoms with Crippen molar-refractivity contribution in [2.75, 3.05) is 27.8 Å². The van der Waals surface area contributed by atoms with Gasteiger partial charge < -0.3 is 40.7 Å². The summed E-state index contributed by atoms with van der Waals surface area (Å²) in [5.74, 6) is -3.39. The van der Waals surface area contributed by atoms with Gasteiger partial charge in [0.15, 0.2) is 0 Å². The Labute approximate surface area is 328 Å². The third kappa shape index (κ3) is 10.9. The predicted octanol–water partition coefficient (Wildman–Crippen LogP) is 4.16. The van der Waals surface area contributed by atoms with Gasteiger partial charge in [-0.15, -0.1) is 0 Å². The molecule has 3 rings (SSSR count). The molecule has 1 saturated carbocycles. The molecule has 1 aromatic rings. The zero-order valence-electron chi connectivity index (χ0n) is 35.1. The quantitative estimate of drug-likeness (QED) is 0.171. The van der Waals surface area contributed by atoms with E-state index in [-0.39, 0.29) is 36.5 Å². The molecule has 2 fully saturated rings. The molecule has 1 aliphatic heterocycles. The number of carboxylic acid groups (broad SMARTS) is 1. The Hall–Kier alpha value is -3.55. The highest BCUT2D eigenvalue weighted by atomic mass is 16.5. The Morgan fingerprint density at radius 2 is 1.55 bits per heavy atom. The highest BCUT2D eigenvalue weighted by molar-refractivity contribution is 5.92. The maximum absolute atomic E-state index is 14.3. The molecule has 2 aliphatic rings. The normalized spacial score (nSPS) is 20.6. The van der Waals surface area contributed by atoms with Crippen LogP contribution >= 0.6 is 0 Å². The number of hydrogen-bond donors (Lipinski definition) is 4. The smallest absolute Gasteiger partial charge is 0.330 e. The van der Waals surface area contributed by atoms with Gasteiger partial charge >= 0.3 is 5.97 Å². The van der Waals surface area contributed by atoms with Gasteiger partial charge in [-0.2, -0.15) is 0 Å². The number of ether oxygens (including phenoxy) is 2. The molecule has 0 bridgehead atoms. The number of nitrogens with one attached hydrogen (secondary N) is 2. The van der Waals surface area contributed by atoms with E-state index in [4.69, 9.17) is 15.2 Å². The zero-order valence-corrected chi connectivity index (χ0v) is 35.1. The third-order valence-corrected chi connectivity index (χ3v) is 12.0. The van der Waals surface area contributed by atoms with Crippen LogP contribution < -0.4 is 16.4 Å². The summed E-state index contributed by atoms with van der Waals surface area (Å²) in [6.07, 6.45) is 3.82. The van der Waals surface area contributed by atoms with E-state index in [1.165, 1.54) is 7.11 Å². The van der Waals surface area contributed by atoms with Crippen LogP contribution in [0.3, 0.4) is 0 Å². The van der Waals surface area contributed by atoms with E-state index >= 15 is 0 Å². The molecule has 55 heavy (non-hydrogen) atoms. The fourth-order valence-corrected chi connectivity index (χ4v) is 8.47. The van der Waals surface area contributed by atoms with Gasteiger partial charge in [0.1, 0.15) is 11.6 Å². The number of likely N-dealkylation sites (N-methyl/N-ethyl adjacent to an activating group) is 1. The molecule has 0 unspecified atom stereocenters. The van der Waals surface area contributed by atoms with Gasteiger partial charge in [0.05, 0.1) is 42.2 Å². The Morgan fingerprint density at radius 1 is 0.945 bits per heavy atom. The lowest BCUT2D eigenvalue weighted by Gasteiger charge is -2.43. The first-order valence-corrected chi connectivity index (χ1v) is 19.9. The number of hydrogen-bond acceptors (Lipinski definition) is 8. The number of nitrogens with zero attached hydrogens (tertiary/aromatic N) is 2. The Kier molecular flexibility index (Phi) is 15.9. The second-order valence-electron chi connectivity index (χ2n) is 17.8. The molecule has 5 N–H and O–H groups in total. The molecule has 1 aromatic carbocycles. The van der Waals surface area contributed by atoms with Gasteiger partial charge in [0.2, 0.25) is 23.6 Å². The van der Waals surface area contributed by atoms with Crippen molar-refractivity contribution in [3.63, 3.8) is 0 Å². The first kappa shape index (κ1) is 45.8. The van der Waals surface area contributed by atoms with Crippen molar-refractivity contribution in [3.8, 4) is 0 Å². The molecule has 0 spiro atoms. The number of nitrogens with two attached hydrogens (primary N) is 1. The van der Waals surface area contributed by atoms with Crippen LogP contribution in [0.2, 0.25) is 0 Å². The maximum atomic E-state index is 14.3. The third-order valence-electron chi connectivity index (χ3n) is 12.0. The van der Waals surface area contributed by atoms with Gasteiger partial charge in [0.25, 0.3) is 0 Å². The van der Waals surface area contributed by atoms with Gasteiger partial charge in [-0.25, -0.2) is 4.79 Å². The summed E-state index contributed by atoms with van der Waals surface area (Å²) >= 11 is 0. The van der Waals surface area contributed by atoms with Crippen molar-refractivity contribution in [1.82, 2.24) is 20.4 Å². The van der Waals surface area contributed by atoms with Crippen molar-refractivity contribution in [2.24, 2.45) is 28.9 Å². The summed E-state index contributed by atoms with van der Waals surface area (Å²) in [5.41, 5.74) is 3.19. The topological polar surface area (TPSA) is 181 Å². The molecule has 1 aliphatic carbocycles. The van der Waals surface area contributed by atoms with E-state index in [9.17, 15) is 29.1 Å². The minimum absolute atomic E-state index is 0.000554. The summed E-state index contributed by atoms with van der Waals surface area (Å²) in [4.78, 5) is 72.0. The number of methoxy groups -OCH3 is 2. The molecule has 13 nitrogen and oxygen atoms in total. The summed E-state index contributed by atoms with van der Waals surface area (Å²) < 4.78 is 12.0. The largest absolute Gasteiger partial charge is 0.479 e. The van der Waals surface area contributed by atoms with E-state index in [2.05, 4.69) is 10.6 Å². The van der Waals surface area contributed by atoms with E-state index in [0.717, 1.165) is 31.2 Å². The SMILES string of the molecule is CO[C@H]([C@@H](C)C(=O)N[C@@](Cc1ccccc1)(C(=O)O)C(C)(C)C)[C@@H]1CCCN1C(=O)C[C@@H](OC)[C@H](C1CCCC1)N(C)C(=O)[C@@H](NC(=O)C(C)(C)N)C(C)C. The van der Waals surface area contributed by atoms with Crippen LogP contribution in [0.4, 0.5) is 0 Å². The fraction of sp³-hybridized carbons (Fsp3) is 0.738. The van der Waals surface area contributed by atoms with Gasteiger partial charge in [-0.05, 0) is 62.3 Å². The molecule has 310 valence electrons. The number of benzene rings is 1. The van der Waals surface area contributed by atoms with Crippen LogP contribution in [-0.4, -0.2) is 114 Å². The number of carboxylic acids is 1. The number of rotatable bonds is 18. The number of amides is 4. The molecule has 0 radical (unpaired) electrons. The molecule has 4 amide bonds. The number of aliphatic carboxylic acids is 1. The van der Waals surface area contributed by atoms with Crippen molar-refractivity contribution >= 4 is 29.6 Å².